The van der Waals surface area contributed by atoms with Crippen molar-refractivity contribution in [2.24, 2.45) is 0 Å². The Kier molecular flexibility index (Phi) is 7.17. The minimum atomic E-state index is 0.661. The fourth-order valence-corrected chi connectivity index (χ4v) is 6.00. The molecule has 0 fully saturated rings. The molecule has 0 saturated carbocycles. The van der Waals surface area contributed by atoms with Gasteiger partial charge in [-0.1, -0.05) is 84.9 Å². The first-order valence-corrected chi connectivity index (χ1v) is 15.3. The van der Waals surface area contributed by atoms with Gasteiger partial charge in [0.15, 0.2) is 0 Å². The molecule has 0 N–H and O–H groups in total. The summed E-state index contributed by atoms with van der Waals surface area (Å²) in [4.78, 5) is 13.7. The average Bonchev–Trinajstić information content (AvgIpc) is 3.53. The summed E-state index contributed by atoms with van der Waals surface area (Å²) in [5.41, 5.74) is 10.8. The number of hydrogen-bond acceptors (Lipinski definition) is 5. The van der Waals surface area contributed by atoms with E-state index in [2.05, 4.69) is 135 Å². The predicted molar refractivity (Wildman–Crippen MR) is 187 cm³/mol. The Morgan fingerprint density at radius 1 is 0.413 bits per heavy atom. The van der Waals surface area contributed by atoms with Crippen LogP contribution in [0.25, 0.3) is 33.6 Å². The van der Waals surface area contributed by atoms with Crippen molar-refractivity contribution in [1.29, 1.82) is 0 Å². The normalized spacial score (nSPS) is 12.2. The number of fused-ring (bicyclic) bond motifs is 1. The van der Waals surface area contributed by atoms with Crippen LogP contribution in [0.2, 0.25) is 0 Å². The molecular formula is C41H30N4O. The Morgan fingerprint density at radius 2 is 1.02 bits per heavy atom. The largest absolute Gasteiger partial charge is 0.457 e. The molecule has 0 radical (unpaired) electrons. The molecule has 0 atom stereocenters. The topological polar surface area (TPSA) is 41.5 Å². The minimum Gasteiger partial charge on any atom is -0.457 e. The van der Waals surface area contributed by atoms with Crippen molar-refractivity contribution in [3.63, 3.8) is 0 Å². The lowest BCUT2D eigenvalue weighted by atomic mass is 9.97. The monoisotopic (exact) mass is 594 g/mol. The van der Waals surface area contributed by atoms with Crippen LogP contribution in [-0.2, 0) is 0 Å². The molecule has 1 aliphatic rings. The highest BCUT2D eigenvalue weighted by Crippen LogP contribution is 2.46. The maximum atomic E-state index is 6.36. The summed E-state index contributed by atoms with van der Waals surface area (Å²) in [5, 5.41) is 0. The fourth-order valence-electron chi connectivity index (χ4n) is 6.00. The summed E-state index contributed by atoms with van der Waals surface area (Å²) in [6.45, 7) is 0.661. The zero-order valence-corrected chi connectivity index (χ0v) is 25.1. The van der Waals surface area contributed by atoms with Crippen LogP contribution in [0.15, 0.2) is 170 Å². The van der Waals surface area contributed by atoms with E-state index in [9.17, 15) is 0 Å². The predicted octanol–water partition coefficient (Wildman–Crippen LogP) is 10.5. The third kappa shape index (κ3) is 5.46. The lowest BCUT2D eigenvalue weighted by Gasteiger charge is -2.24. The summed E-state index contributed by atoms with van der Waals surface area (Å²) >= 11 is 0. The van der Waals surface area contributed by atoms with Crippen LogP contribution >= 0.6 is 0 Å². The third-order valence-corrected chi connectivity index (χ3v) is 8.21. The second kappa shape index (κ2) is 12.1. The van der Waals surface area contributed by atoms with Gasteiger partial charge in [0.2, 0.25) is 0 Å². The number of pyridine rings is 2. The van der Waals surface area contributed by atoms with E-state index in [1.807, 2.05) is 42.5 Å². The first-order valence-electron chi connectivity index (χ1n) is 15.3. The molecule has 1 aliphatic heterocycles. The summed E-state index contributed by atoms with van der Waals surface area (Å²) in [5.74, 6) is 1.46. The molecule has 0 unspecified atom stereocenters. The number of hydrogen-bond donors (Lipinski definition) is 0. The van der Waals surface area contributed by atoms with Crippen LogP contribution in [0, 0.1) is 0 Å². The van der Waals surface area contributed by atoms with Crippen molar-refractivity contribution >= 4 is 22.7 Å². The molecule has 5 aromatic carbocycles. The van der Waals surface area contributed by atoms with Gasteiger partial charge in [0.05, 0.1) is 22.8 Å². The molecule has 2 aromatic heterocycles. The van der Waals surface area contributed by atoms with E-state index in [4.69, 9.17) is 4.74 Å². The number of benzene rings is 5. The SMILES string of the molecule is c1ccc(-c2cc(-c3ccccc3)cc(N3CN(c4cccc(Oc5ccnc(-c6ccccn6)c5)c4)c4ccccc43)c2)cc1. The molecule has 8 rings (SSSR count). The molecule has 5 heteroatoms. The van der Waals surface area contributed by atoms with Crippen molar-refractivity contribution in [3.05, 3.63) is 170 Å². The average molecular weight is 595 g/mol. The Hall–Kier alpha value is -6.20. The molecule has 220 valence electrons. The van der Waals surface area contributed by atoms with E-state index in [1.54, 1.807) is 12.4 Å². The maximum Gasteiger partial charge on any atom is 0.131 e. The Balaban J connectivity index is 1.14. The molecule has 7 aromatic rings. The van der Waals surface area contributed by atoms with E-state index >= 15 is 0 Å². The van der Waals surface area contributed by atoms with Crippen molar-refractivity contribution in [2.45, 2.75) is 0 Å². The second-order valence-corrected chi connectivity index (χ2v) is 11.2. The number of ether oxygens (including phenoxy) is 1. The fraction of sp³-hybridized carbons (Fsp3) is 0.0244. The van der Waals surface area contributed by atoms with Gasteiger partial charge in [-0.2, -0.15) is 0 Å². The number of rotatable bonds is 7. The molecular weight excluding hydrogens is 564 g/mol. The van der Waals surface area contributed by atoms with E-state index < -0.39 is 0 Å². The summed E-state index contributed by atoms with van der Waals surface area (Å²) in [7, 11) is 0. The van der Waals surface area contributed by atoms with Gasteiger partial charge in [0.1, 0.15) is 18.2 Å². The second-order valence-electron chi connectivity index (χ2n) is 11.2. The van der Waals surface area contributed by atoms with Gasteiger partial charge in [0, 0.05) is 35.9 Å². The maximum absolute atomic E-state index is 6.36. The first kappa shape index (κ1) is 27.4. The Labute approximate surface area is 268 Å². The third-order valence-electron chi connectivity index (χ3n) is 8.21. The smallest absolute Gasteiger partial charge is 0.131 e. The van der Waals surface area contributed by atoms with Gasteiger partial charge in [-0.05, 0) is 82.9 Å². The van der Waals surface area contributed by atoms with Gasteiger partial charge in [-0.3, -0.25) is 9.97 Å². The number of anilines is 4. The number of para-hydroxylation sites is 2. The van der Waals surface area contributed by atoms with Gasteiger partial charge in [0.25, 0.3) is 0 Å². The van der Waals surface area contributed by atoms with Crippen LogP contribution in [0.1, 0.15) is 0 Å². The van der Waals surface area contributed by atoms with Crippen molar-refractivity contribution in [2.75, 3.05) is 16.5 Å². The van der Waals surface area contributed by atoms with E-state index in [1.165, 1.54) is 22.3 Å². The molecule has 0 amide bonds. The van der Waals surface area contributed by atoms with E-state index in [0.29, 0.717) is 12.4 Å². The Bertz CT molecular complexity index is 2060. The lowest BCUT2D eigenvalue weighted by Crippen LogP contribution is -2.24. The zero-order valence-electron chi connectivity index (χ0n) is 25.1. The molecule has 46 heavy (non-hydrogen) atoms. The van der Waals surface area contributed by atoms with Gasteiger partial charge in [-0.25, -0.2) is 0 Å². The Morgan fingerprint density at radius 3 is 1.70 bits per heavy atom. The van der Waals surface area contributed by atoms with Gasteiger partial charge >= 0.3 is 0 Å². The highest BCUT2D eigenvalue weighted by atomic mass is 16.5. The summed E-state index contributed by atoms with van der Waals surface area (Å²) < 4.78 is 6.36. The highest BCUT2D eigenvalue weighted by Gasteiger charge is 2.28. The zero-order chi connectivity index (χ0) is 30.7. The first-order chi connectivity index (χ1) is 22.8. The lowest BCUT2D eigenvalue weighted by molar-refractivity contribution is 0.482. The summed E-state index contributed by atoms with van der Waals surface area (Å²) in [6.07, 6.45) is 3.52. The van der Waals surface area contributed by atoms with Crippen LogP contribution in [0.4, 0.5) is 22.7 Å². The summed E-state index contributed by atoms with van der Waals surface area (Å²) in [6, 6.07) is 54.5. The molecule has 0 saturated heterocycles. The van der Waals surface area contributed by atoms with Crippen molar-refractivity contribution in [3.8, 4) is 45.1 Å². The van der Waals surface area contributed by atoms with Crippen molar-refractivity contribution in [1.82, 2.24) is 9.97 Å². The molecule has 3 heterocycles. The van der Waals surface area contributed by atoms with Gasteiger partial charge in [-0.15, -0.1) is 0 Å². The van der Waals surface area contributed by atoms with Crippen LogP contribution in [0.3, 0.4) is 0 Å². The van der Waals surface area contributed by atoms with Crippen molar-refractivity contribution < 1.29 is 4.74 Å². The molecule has 0 bridgehead atoms. The van der Waals surface area contributed by atoms with Gasteiger partial charge < -0.3 is 14.5 Å². The van der Waals surface area contributed by atoms with E-state index in [0.717, 1.165) is 39.9 Å². The number of aromatic nitrogens is 2. The van der Waals surface area contributed by atoms with Crippen LogP contribution < -0.4 is 14.5 Å². The standard InChI is InChI=1S/C41H30N4O/c1-3-12-30(13-4-1)32-24-33(31-14-5-2-6-15-31)26-35(25-32)45-29-44(40-19-7-8-20-41(40)45)34-16-11-17-36(27-34)46-37-21-23-43-39(28-37)38-18-9-10-22-42-38/h1-28H,29H2. The number of nitrogens with zero attached hydrogens (tertiary/aromatic N) is 4. The highest BCUT2D eigenvalue weighted by molar-refractivity contribution is 5.89. The quantitative estimate of drug-likeness (QED) is 0.184. The van der Waals surface area contributed by atoms with Crippen LogP contribution in [0.5, 0.6) is 11.5 Å². The molecule has 0 spiro atoms. The molecule has 0 aliphatic carbocycles. The minimum absolute atomic E-state index is 0.661. The molecule has 5 nitrogen and oxygen atoms in total. The van der Waals surface area contributed by atoms with Crippen LogP contribution in [-0.4, -0.2) is 16.6 Å². The van der Waals surface area contributed by atoms with E-state index in [-0.39, 0.29) is 0 Å².